The maximum Gasteiger partial charge on any atom is 0.332 e. The van der Waals surface area contributed by atoms with Crippen LogP contribution in [0.25, 0.3) is 10.9 Å². The van der Waals surface area contributed by atoms with E-state index in [1.54, 1.807) is 6.20 Å². The topological polar surface area (TPSA) is 112 Å². The summed E-state index contributed by atoms with van der Waals surface area (Å²) in [7, 11) is 3.83. The minimum absolute atomic E-state index is 0.229. The molecule has 1 N–H and O–H groups in total. The van der Waals surface area contributed by atoms with Crippen LogP contribution in [0.15, 0.2) is 35.5 Å². The van der Waals surface area contributed by atoms with Gasteiger partial charge in [-0.05, 0) is 11.6 Å². The molecule has 1 aliphatic rings. The summed E-state index contributed by atoms with van der Waals surface area (Å²) in [6.07, 6.45) is 3.14. The van der Waals surface area contributed by atoms with Gasteiger partial charge in [0.15, 0.2) is 12.0 Å². The third kappa shape index (κ3) is 3.38. The summed E-state index contributed by atoms with van der Waals surface area (Å²) in [6, 6.07) is 5.98. The van der Waals surface area contributed by atoms with E-state index < -0.39 is 35.8 Å². The first-order chi connectivity index (χ1) is 13.3. The molecule has 3 rings (SSSR count). The average Bonchev–Trinajstić information content (AvgIpc) is 3.12. The first-order valence-corrected chi connectivity index (χ1v) is 8.60. The lowest BCUT2D eigenvalue weighted by Crippen LogP contribution is -2.57. The van der Waals surface area contributed by atoms with Crippen molar-refractivity contribution in [3.05, 3.63) is 36.0 Å². The van der Waals surface area contributed by atoms with E-state index in [-0.39, 0.29) is 6.42 Å². The fourth-order valence-corrected chi connectivity index (χ4v) is 3.10. The van der Waals surface area contributed by atoms with Gasteiger partial charge in [0.1, 0.15) is 0 Å². The molecule has 146 valence electrons. The summed E-state index contributed by atoms with van der Waals surface area (Å²) >= 11 is 0. The number of methoxy groups -OCH3 is 1. The molecule has 0 spiro atoms. The molecule has 1 fully saturated rings. The molecule has 4 amide bonds. The molecule has 1 aliphatic heterocycles. The third-order valence-corrected chi connectivity index (χ3v) is 4.74. The molecule has 1 aromatic carbocycles. The SMILES string of the molecule is COC(=O)[C@H](Cc1c[nH]c2ccccc12)N=CC1C(=O)N(C)C(=O)N(C)C1=O. The number of hydrogen-bond donors (Lipinski definition) is 1. The monoisotopic (exact) mass is 384 g/mol. The number of ether oxygens (including phenoxy) is 1. The molecule has 0 unspecified atom stereocenters. The Morgan fingerprint density at radius 2 is 1.86 bits per heavy atom. The summed E-state index contributed by atoms with van der Waals surface area (Å²) in [5.41, 5.74) is 1.78. The van der Waals surface area contributed by atoms with Crippen molar-refractivity contribution in [3.8, 4) is 0 Å². The number of carbonyl (C=O) groups is 4. The second-order valence-electron chi connectivity index (χ2n) is 6.46. The van der Waals surface area contributed by atoms with Gasteiger partial charge in [-0.15, -0.1) is 0 Å². The van der Waals surface area contributed by atoms with E-state index in [0.717, 1.165) is 32.5 Å². The smallest absolute Gasteiger partial charge is 0.332 e. The van der Waals surface area contributed by atoms with Gasteiger partial charge in [0, 0.05) is 43.8 Å². The van der Waals surface area contributed by atoms with Crippen molar-refractivity contribution >= 4 is 40.9 Å². The van der Waals surface area contributed by atoms with Crippen LogP contribution < -0.4 is 0 Å². The van der Waals surface area contributed by atoms with Crippen molar-refractivity contribution < 1.29 is 23.9 Å². The molecule has 0 radical (unpaired) electrons. The van der Waals surface area contributed by atoms with Crippen LogP contribution in [-0.2, 0) is 25.5 Å². The number of aromatic amines is 1. The van der Waals surface area contributed by atoms with E-state index in [1.807, 2.05) is 24.3 Å². The molecule has 1 saturated heterocycles. The van der Waals surface area contributed by atoms with E-state index in [0.29, 0.717) is 0 Å². The first-order valence-electron chi connectivity index (χ1n) is 8.60. The van der Waals surface area contributed by atoms with Crippen molar-refractivity contribution in [1.29, 1.82) is 0 Å². The van der Waals surface area contributed by atoms with Gasteiger partial charge in [-0.2, -0.15) is 0 Å². The lowest BCUT2D eigenvalue weighted by molar-refractivity contribution is -0.145. The summed E-state index contributed by atoms with van der Waals surface area (Å²) < 4.78 is 4.82. The predicted octanol–water partition coefficient (Wildman–Crippen LogP) is 0.989. The summed E-state index contributed by atoms with van der Waals surface area (Å²) in [5, 5.41) is 0.946. The maximum absolute atomic E-state index is 12.3. The van der Waals surface area contributed by atoms with Gasteiger partial charge in [0.05, 0.1) is 7.11 Å². The van der Waals surface area contributed by atoms with Crippen LogP contribution in [0.2, 0.25) is 0 Å². The number of hydrogen-bond acceptors (Lipinski definition) is 6. The van der Waals surface area contributed by atoms with Crippen LogP contribution >= 0.6 is 0 Å². The normalized spacial score (nSPS) is 17.0. The minimum atomic E-state index is -1.26. The molecule has 0 bridgehead atoms. The number of aliphatic imine (C=N–C) groups is 1. The number of nitrogens with one attached hydrogen (secondary N) is 1. The highest BCUT2D eigenvalue weighted by atomic mass is 16.5. The van der Waals surface area contributed by atoms with E-state index in [2.05, 4.69) is 9.98 Å². The van der Waals surface area contributed by atoms with Gasteiger partial charge in [-0.25, -0.2) is 9.59 Å². The van der Waals surface area contributed by atoms with Crippen molar-refractivity contribution in [2.75, 3.05) is 21.2 Å². The van der Waals surface area contributed by atoms with Gasteiger partial charge in [0.2, 0.25) is 11.8 Å². The molecule has 1 aromatic heterocycles. The highest BCUT2D eigenvalue weighted by Gasteiger charge is 2.41. The van der Waals surface area contributed by atoms with Crippen molar-refractivity contribution in [2.45, 2.75) is 12.5 Å². The number of imide groups is 2. The Hall–Kier alpha value is -3.49. The van der Waals surface area contributed by atoms with E-state index >= 15 is 0 Å². The molecule has 2 aromatic rings. The number of para-hydroxylation sites is 1. The molecule has 9 nitrogen and oxygen atoms in total. The maximum atomic E-state index is 12.3. The molecule has 2 heterocycles. The second kappa shape index (κ2) is 7.63. The summed E-state index contributed by atoms with van der Waals surface area (Å²) in [4.78, 5) is 57.6. The average molecular weight is 384 g/mol. The van der Waals surface area contributed by atoms with E-state index in [9.17, 15) is 19.2 Å². The number of benzene rings is 1. The Morgan fingerprint density at radius 1 is 1.21 bits per heavy atom. The number of urea groups is 1. The van der Waals surface area contributed by atoms with Crippen LogP contribution in [0.5, 0.6) is 0 Å². The highest BCUT2D eigenvalue weighted by molar-refractivity contribution is 6.23. The zero-order valence-electron chi connectivity index (χ0n) is 15.7. The highest BCUT2D eigenvalue weighted by Crippen LogP contribution is 2.21. The number of carbonyl (C=O) groups excluding carboxylic acids is 4. The molecule has 0 saturated carbocycles. The molecule has 9 heteroatoms. The summed E-state index contributed by atoms with van der Waals surface area (Å²) in [6.45, 7) is 0. The molecule has 0 aliphatic carbocycles. The molecular formula is C19H20N4O5. The Labute approximate surface area is 161 Å². The minimum Gasteiger partial charge on any atom is -0.467 e. The van der Waals surface area contributed by atoms with Gasteiger partial charge >= 0.3 is 12.0 Å². The quantitative estimate of drug-likeness (QED) is 0.469. The summed E-state index contributed by atoms with van der Waals surface area (Å²) in [5.74, 6) is -3.22. The number of H-pyrrole nitrogens is 1. The van der Waals surface area contributed by atoms with Crippen LogP contribution in [0.1, 0.15) is 5.56 Å². The largest absolute Gasteiger partial charge is 0.467 e. The lowest BCUT2D eigenvalue weighted by atomic mass is 10.0. The Morgan fingerprint density at radius 3 is 2.50 bits per heavy atom. The number of aromatic nitrogens is 1. The first kappa shape index (κ1) is 19.3. The van der Waals surface area contributed by atoms with Crippen LogP contribution in [0, 0.1) is 5.92 Å². The Bertz CT molecular complexity index is 956. The van der Waals surface area contributed by atoms with Gasteiger partial charge in [-0.1, -0.05) is 18.2 Å². The Balaban J connectivity index is 1.86. The zero-order chi connectivity index (χ0) is 20.4. The Kier molecular flexibility index (Phi) is 5.25. The van der Waals surface area contributed by atoms with Crippen molar-refractivity contribution in [3.63, 3.8) is 0 Å². The molecule has 1 atom stereocenters. The fourth-order valence-electron chi connectivity index (χ4n) is 3.10. The van der Waals surface area contributed by atoms with Crippen LogP contribution in [0.3, 0.4) is 0 Å². The molecule has 28 heavy (non-hydrogen) atoms. The van der Waals surface area contributed by atoms with Crippen molar-refractivity contribution in [2.24, 2.45) is 10.9 Å². The number of amides is 4. The van der Waals surface area contributed by atoms with Gasteiger partial charge in [-0.3, -0.25) is 24.4 Å². The fraction of sp³-hybridized carbons (Fsp3) is 0.316. The van der Waals surface area contributed by atoms with Crippen molar-refractivity contribution in [1.82, 2.24) is 14.8 Å². The number of rotatable bonds is 5. The standard InChI is InChI=1S/C19H20N4O5/c1-22-16(24)13(17(25)23(2)19(22)27)10-21-15(18(26)28-3)8-11-9-20-14-7-5-4-6-12(11)14/h4-7,9-10,13,15,20H,8H2,1-3H3/t15-/m0/s1. The van der Waals surface area contributed by atoms with Gasteiger partial charge in [0.25, 0.3) is 0 Å². The second-order valence-corrected chi connectivity index (χ2v) is 6.46. The van der Waals surface area contributed by atoms with E-state index in [1.165, 1.54) is 21.2 Å². The zero-order valence-corrected chi connectivity index (χ0v) is 15.7. The number of fused-ring (bicyclic) bond motifs is 1. The van der Waals surface area contributed by atoms with Gasteiger partial charge < -0.3 is 9.72 Å². The molecular weight excluding hydrogens is 364 g/mol. The predicted molar refractivity (Wildman–Crippen MR) is 101 cm³/mol. The number of esters is 1. The van der Waals surface area contributed by atoms with E-state index in [4.69, 9.17) is 4.74 Å². The van der Waals surface area contributed by atoms with Crippen LogP contribution in [-0.4, -0.2) is 72.1 Å². The third-order valence-electron chi connectivity index (χ3n) is 4.74. The number of nitrogens with zero attached hydrogens (tertiary/aromatic N) is 3. The van der Waals surface area contributed by atoms with Crippen LogP contribution in [0.4, 0.5) is 4.79 Å². The lowest BCUT2D eigenvalue weighted by Gasteiger charge is -2.31. The number of barbiturate groups is 1.